The van der Waals surface area contributed by atoms with Gasteiger partial charge < -0.3 is 14.5 Å². The van der Waals surface area contributed by atoms with Gasteiger partial charge in [0, 0.05) is 13.1 Å². The molecule has 2 bridgehead atoms. The van der Waals surface area contributed by atoms with Crippen molar-refractivity contribution in [3.63, 3.8) is 0 Å². The first-order chi connectivity index (χ1) is 9.83. The van der Waals surface area contributed by atoms with Crippen molar-refractivity contribution >= 4 is 23.5 Å². The van der Waals surface area contributed by atoms with Gasteiger partial charge in [0.25, 0.3) is 0 Å². The van der Waals surface area contributed by atoms with E-state index in [0.29, 0.717) is 11.7 Å². The van der Waals surface area contributed by atoms with Gasteiger partial charge in [-0.25, -0.2) is 4.79 Å². The standard InChI is InChI=1S/C14H19ClN4O2/c1-14(2,3)21-13(20)19-8-9-6-10(19)7-18(9)12-5-4-11(15)16-17-12/h4-5,9-10H,6-8H2,1-3H3/t9-,10-/m1/s1. The number of anilines is 1. The lowest BCUT2D eigenvalue weighted by molar-refractivity contribution is 0.0214. The quantitative estimate of drug-likeness (QED) is 0.797. The molecule has 1 aromatic rings. The SMILES string of the molecule is CC(C)(C)OC(=O)N1C[C@H]2C[C@@H]1CN2c1ccc(Cl)nn1. The van der Waals surface area contributed by atoms with E-state index >= 15 is 0 Å². The molecule has 0 aromatic carbocycles. The average Bonchev–Trinajstić information content (AvgIpc) is 2.97. The number of aromatic nitrogens is 2. The lowest BCUT2D eigenvalue weighted by atomic mass is 10.2. The first-order valence-electron chi connectivity index (χ1n) is 7.09. The Morgan fingerprint density at radius 1 is 1.29 bits per heavy atom. The molecule has 3 heterocycles. The van der Waals surface area contributed by atoms with Crippen molar-refractivity contribution in [1.82, 2.24) is 15.1 Å². The smallest absolute Gasteiger partial charge is 0.410 e. The molecule has 3 rings (SSSR count). The van der Waals surface area contributed by atoms with Gasteiger partial charge in [0.1, 0.15) is 5.60 Å². The Morgan fingerprint density at radius 2 is 2.05 bits per heavy atom. The summed E-state index contributed by atoms with van der Waals surface area (Å²) in [7, 11) is 0. The second kappa shape index (κ2) is 5.02. The Labute approximate surface area is 129 Å². The van der Waals surface area contributed by atoms with E-state index in [9.17, 15) is 4.79 Å². The van der Waals surface area contributed by atoms with Crippen LogP contribution in [0.2, 0.25) is 5.15 Å². The van der Waals surface area contributed by atoms with Gasteiger partial charge >= 0.3 is 6.09 Å². The first-order valence-corrected chi connectivity index (χ1v) is 7.47. The zero-order chi connectivity index (χ0) is 15.2. The Morgan fingerprint density at radius 3 is 2.57 bits per heavy atom. The Bertz CT molecular complexity index is 543. The highest BCUT2D eigenvalue weighted by molar-refractivity contribution is 6.29. The molecular weight excluding hydrogens is 292 g/mol. The first kappa shape index (κ1) is 14.4. The molecule has 0 N–H and O–H groups in total. The maximum absolute atomic E-state index is 12.2. The number of hydrogen-bond donors (Lipinski definition) is 0. The summed E-state index contributed by atoms with van der Waals surface area (Å²) in [5, 5.41) is 8.38. The zero-order valence-corrected chi connectivity index (χ0v) is 13.2. The van der Waals surface area contributed by atoms with Gasteiger partial charge in [-0.15, -0.1) is 10.2 Å². The van der Waals surface area contributed by atoms with Crippen LogP contribution in [0.1, 0.15) is 27.2 Å². The minimum absolute atomic E-state index is 0.183. The number of rotatable bonds is 1. The monoisotopic (exact) mass is 310 g/mol. The minimum Gasteiger partial charge on any atom is -0.444 e. The third-order valence-corrected chi connectivity index (χ3v) is 3.98. The number of nitrogens with zero attached hydrogens (tertiary/aromatic N) is 4. The number of carbonyl (C=O) groups is 1. The van der Waals surface area contributed by atoms with E-state index in [1.807, 2.05) is 31.7 Å². The average molecular weight is 311 g/mol. The molecule has 1 amide bonds. The molecule has 114 valence electrons. The van der Waals surface area contributed by atoms with Gasteiger partial charge in [0.05, 0.1) is 12.1 Å². The molecular formula is C14H19ClN4O2. The predicted molar refractivity (Wildman–Crippen MR) is 79.5 cm³/mol. The Kier molecular flexibility index (Phi) is 3.43. The maximum atomic E-state index is 12.2. The molecule has 0 aliphatic carbocycles. The summed E-state index contributed by atoms with van der Waals surface area (Å²) in [5.41, 5.74) is -0.458. The molecule has 2 saturated heterocycles. The van der Waals surface area contributed by atoms with Crippen LogP contribution < -0.4 is 4.90 Å². The van der Waals surface area contributed by atoms with Crippen molar-refractivity contribution in [2.45, 2.75) is 44.9 Å². The molecule has 2 aliphatic rings. The van der Waals surface area contributed by atoms with Crippen LogP contribution in [0.3, 0.4) is 0 Å². The Hall–Kier alpha value is -1.56. The number of fused-ring (bicyclic) bond motifs is 2. The van der Waals surface area contributed by atoms with Gasteiger partial charge in [-0.1, -0.05) is 11.6 Å². The Balaban J connectivity index is 1.66. The highest BCUT2D eigenvalue weighted by Crippen LogP contribution is 2.34. The van der Waals surface area contributed by atoms with E-state index in [1.165, 1.54) is 0 Å². The van der Waals surface area contributed by atoms with Crippen molar-refractivity contribution in [1.29, 1.82) is 0 Å². The third kappa shape index (κ3) is 2.90. The largest absolute Gasteiger partial charge is 0.444 e. The lowest BCUT2D eigenvalue weighted by Gasteiger charge is -2.35. The van der Waals surface area contributed by atoms with Crippen molar-refractivity contribution in [2.75, 3.05) is 18.0 Å². The van der Waals surface area contributed by atoms with Crippen LogP contribution in [-0.4, -0.2) is 52.0 Å². The number of amides is 1. The predicted octanol–water partition coefficient (Wildman–Crippen LogP) is 2.33. The van der Waals surface area contributed by atoms with E-state index < -0.39 is 5.60 Å². The topological polar surface area (TPSA) is 58.6 Å². The van der Waals surface area contributed by atoms with Crippen LogP contribution >= 0.6 is 11.6 Å². The van der Waals surface area contributed by atoms with Crippen LogP contribution in [-0.2, 0) is 4.74 Å². The van der Waals surface area contributed by atoms with Crippen molar-refractivity contribution < 1.29 is 9.53 Å². The fourth-order valence-corrected chi connectivity index (χ4v) is 3.05. The van der Waals surface area contributed by atoms with Crippen LogP contribution in [0.5, 0.6) is 0 Å². The summed E-state index contributed by atoms with van der Waals surface area (Å²) in [6.45, 7) is 7.09. The maximum Gasteiger partial charge on any atom is 0.410 e. The number of likely N-dealkylation sites (tertiary alicyclic amines) is 1. The van der Waals surface area contributed by atoms with Crippen LogP contribution in [0.15, 0.2) is 12.1 Å². The van der Waals surface area contributed by atoms with Crippen molar-refractivity contribution in [2.24, 2.45) is 0 Å². The zero-order valence-electron chi connectivity index (χ0n) is 12.4. The van der Waals surface area contributed by atoms with E-state index in [0.717, 1.165) is 18.8 Å². The lowest BCUT2D eigenvalue weighted by Crippen LogP contribution is -2.50. The number of halogens is 1. The summed E-state index contributed by atoms with van der Waals surface area (Å²) in [5.74, 6) is 0.815. The molecule has 0 saturated carbocycles. The van der Waals surface area contributed by atoms with Crippen LogP contribution in [0.4, 0.5) is 10.6 Å². The molecule has 0 spiro atoms. The van der Waals surface area contributed by atoms with Gasteiger partial charge in [-0.05, 0) is 39.3 Å². The molecule has 2 atom stereocenters. The molecule has 0 radical (unpaired) electrons. The van der Waals surface area contributed by atoms with Crippen LogP contribution in [0.25, 0.3) is 0 Å². The summed E-state index contributed by atoms with van der Waals surface area (Å²) in [4.78, 5) is 16.2. The van der Waals surface area contributed by atoms with Crippen molar-refractivity contribution in [3.05, 3.63) is 17.3 Å². The fourth-order valence-electron chi connectivity index (χ4n) is 2.95. The van der Waals surface area contributed by atoms with Gasteiger partial charge in [-0.2, -0.15) is 0 Å². The normalized spacial score (nSPS) is 24.6. The van der Waals surface area contributed by atoms with E-state index in [-0.39, 0.29) is 18.2 Å². The van der Waals surface area contributed by atoms with Gasteiger partial charge in [0.2, 0.25) is 0 Å². The fraction of sp³-hybridized carbons (Fsp3) is 0.643. The van der Waals surface area contributed by atoms with Gasteiger partial charge in [-0.3, -0.25) is 0 Å². The summed E-state index contributed by atoms with van der Waals surface area (Å²) in [6, 6.07) is 4.07. The summed E-state index contributed by atoms with van der Waals surface area (Å²) in [6.07, 6.45) is 0.723. The molecule has 7 heteroatoms. The number of carbonyl (C=O) groups excluding carboxylic acids is 1. The number of piperazine rings is 1. The molecule has 21 heavy (non-hydrogen) atoms. The number of hydrogen-bond acceptors (Lipinski definition) is 5. The van der Waals surface area contributed by atoms with Crippen molar-refractivity contribution in [3.8, 4) is 0 Å². The highest BCUT2D eigenvalue weighted by Gasteiger charge is 2.47. The third-order valence-electron chi connectivity index (χ3n) is 3.78. The summed E-state index contributed by atoms with van der Waals surface area (Å²) >= 11 is 5.76. The molecule has 0 unspecified atom stereocenters. The van der Waals surface area contributed by atoms with E-state index in [4.69, 9.17) is 16.3 Å². The minimum atomic E-state index is -0.458. The van der Waals surface area contributed by atoms with Gasteiger partial charge in [0.15, 0.2) is 11.0 Å². The second-order valence-electron chi connectivity index (χ2n) is 6.54. The summed E-state index contributed by atoms with van der Waals surface area (Å²) < 4.78 is 5.45. The highest BCUT2D eigenvalue weighted by atomic mass is 35.5. The van der Waals surface area contributed by atoms with E-state index in [1.54, 1.807) is 6.07 Å². The second-order valence-corrected chi connectivity index (χ2v) is 6.93. The molecule has 1 aromatic heterocycles. The number of ether oxygens (including phenoxy) is 1. The molecule has 2 fully saturated rings. The molecule has 6 nitrogen and oxygen atoms in total. The van der Waals surface area contributed by atoms with Crippen LogP contribution in [0, 0.1) is 0 Å². The molecule has 2 aliphatic heterocycles. The van der Waals surface area contributed by atoms with E-state index in [2.05, 4.69) is 15.1 Å².